The molecule has 0 aliphatic rings. The van der Waals surface area contributed by atoms with Crippen molar-refractivity contribution in [2.24, 2.45) is 0 Å². The number of allylic oxidation sites excluding steroid dienone is 12. The number of carbonyl (C=O) groups excluding carboxylic acids is 2. The van der Waals surface area contributed by atoms with Crippen LogP contribution in [0.25, 0.3) is 0 Å². The van der Waals surface area contributed by atoms with Gasteiger partial charge in [-0.05, 0) is 83.5 Å². The Morgan fingerprint density at radius 3 is 1.55 bits per heavy atom. The van der Waals surface area contributed by atoms with Crippen LogP contribution >= 0.6 is 7.82 Å². The van der Waals surface area contributed by atoms with Crippen LogP contribution in [0.2, 0.25) is 0 Å². The molecule has 322 valence electrons. The molecule has 0 spiro atoms. The SMILES string of the molecule is CC/C=C\C/C=C\C/C=C\C/C=C\C/C=C\CCCCCC(=O)O[C@H](COC(=O)CCCCCCC/C=C\CCCCCC)COP(=O)([O-])OCC[N+](C)(C)C. The number of likely N-dealkylation sites (N-methyl/N-ethyl adjacent to an activating group) is 1. The number of esters is 2. The summed E-state index contributed by atoms with van der Waals surface area (Å²) in [4.78, 5) is 37.5. The highest BCUT2D eigenvalue weighted by atomic mass is 31.2. The summed E-state index contributed by atoms with van der Waals surface area (Å²) in [5.74, 6) is -0.890. The molecule has 0 N–H and O–H groups in total. The number of nitrogens with zero attached hydrogens (tertiary/aromatic N) is 1. The largest absolute Gasteiger partial charge is 0.756 e. The van der Waals surface area contributed by atoms with Crippen LogP contribution in [0.3, 0.4) is 0 Å². The first-order valence-electron chi connectivity index (χ1n) is 21.6. The van der Waals surface area contributed by atoms with Gasteiger partial charge in [-0.1, -0.05) is 132 Å². The molecule has 0 rings (SSSR count). The van der Waals surface area contributed by atoms with E-state index >= 15 is 0 Å². The molecule has 0 saturated heterocycles. The second-order valence-corrected chi connectivity index (χ2v) is 16.7. The minimum atomic E-state index is -4.64. The highest BCUT2D eigenvalue weighted by Crippen LogP contribution is 2.38. The molecular formula is C46H80NO8P. The Morgan fingerprint density at radius 1 is 0.571 bits per heavy atom. The lowest BCUT2D eigenvalue weighted by atomic mass is 10.1. The lowest BCUT2D eigenvalue weighted by Crippen LogP contribution is -2.37. The summed E-state index contributed by atoms with van der Waals surface area (Å²) in [5, 5.41) is 0. The minimum Gasteiger partial charge on any atom is -0.756 e. The fourth-order valence-electron chi connectivity index (χ4n) is 5.32. The fraction of sp³-hybridized carbons (Fsp3) is 0.696. The Kier molecular flexibility index (Phi) is 36.3. The lowest BCUT2D eigenvalue weighted by Gasteiger charge is -2.28. The molecule has 0 aromatic heterocycles. The fourth-order valence-corrected chi connectivity index (χ4v) is 6.05. The molecule has 0 fully saturated rings. The molecule has 0 aliphatic heterocycles. The van der Waals surface area contributed by atoms with E-state index in [1.807, 2.05) is 21.1 Å². The molecule has 1 unspecified atom stereocenters. The first kappa shape index (κ1) is 53.5. The summed E-state index contributed by atoms with van der Waals surface area (Å²) >= 11 is 0. The monoisotopic (exact) mass is 806 g/mol. The standard InChI is InChI=1S/C46H80NO8P/c1-6-8-10-12-14-16-18-20-21-22-23-24-25-27-29-31-33-35-37-39-46(49)55-44(43-54-56(50,51)53-41-40-47(3,4)5)42-52-45(48)38-36-34-32-30-28-26-19-17-15-13-11-9-7-2/h8,10,14,16-17,19-21,23-24,27,29,44H,6-7,9,11-13,15,18,22,25-26,28,30-43H2,1-5H3/b10-8-,16-14-,19-17-,21-20-,24-23-,29-27-/t44-/m1/s1. The van der Waals surface area contributed by atoms with Crippen LogP contribution in [0.5, 0.6) is 0 Å². The zero-order valence-corrected chi connectivity index (χ0v) is 36.9. The summed E-state index contributed by atoms with van der Waals surface area (Å²) in [6, 6.07) is 0. The van der Waals surface area contributed by atoms with Crippen molar-refractivity contribution in [1.82, 2.24) is 0 Å². The quantitative estimate of drug-likeness (QED) is 0.0199. The third-order valence-electron chi connectivity index (χ3n) is 8.71. The van der Waals surface area contributed by atoms with Gasteiger partial charge in [-0.3, -0.25) is 14.2 Å². The van der Waals surface area contributed by atoms with E-state index in [-0.39, 0.29) is 26.1 Å². The summed E-state index contributed by atoms with van der Waals surface area (Å²) in [5.41, 5.74) is 0. The summed E-state index contributed by atoms with van der Waals surface area (Å²) < 4.78 is 33.8. The van der Waals surface area contributed by atoms with Crippen molar-refractivity contribution in [2.45, 2.75) is 161 Å². The summed E-state index contributed by atoms with van der Waals surface area (Å²) in [6.07, 6.45) is 46.4. The number of phosphoric ester groups is 1. The van der Waals surface area contributed by atoms with Crippen LogP contribution in [-0.2, 0) is 32.7 Å². The molecule has 0 heterocycles. The van der Waals surface area contributed by atoms with E-state index in [1.165, 1.54) is 32.1 Å². The number of hydrogen-bond acceptors (Lipinski definition) is 8. The molecule has 2 atom stereocenters. The van der Waals surface area contributed by atoms with Crippen molar-refractivity contribution in [1.29, 1.82) is 0 Å². The number of rotatable bonds is 38. The van der Waals surface area contributed by atoms with E-state index in [0.29, 0.717) is 23.9 Å². The Labute approximate surface area is 342 Å². The zero-order valence-electron chi connectivity index (χ0n) is 36.1. The van der Waals surface area contributed by atoms with Gasteiger partial charge in [0.05, 0.1) is 27.7 Å². The van der Waals surface area contributed by atoms with E-state index < -0.39 is 32.5 Å². The maximum Gasteiger partial charge on any atom is 0.306 e. The predicted octanol–water partition coefficient (Wildman–Crippen LogP) is 11.6. The van der Waals surface area contributed by atoms with Crippen LogP contribution in [-0.4, -0.2) is 70.0 Å². The highest BCUT2D eigenvalue weighted by Gasteiger charge is 2.21. The Hall–Kier alpha value is -2.55. The van der Waals surface area contributed by atoms with Crippen LogP contribution in [0.15, 0.2) is 72.9 Å². The van der Waals surface area contributed by atoms with Gasteiger partial charge in [0.1, 0.15) is 19.8 Å². The van der Waals surface area contributed by atoms with E-state index in [9.17, 15) is 19.0 Å². The van der Waals surface area contributed by atoms with Crippen LogP contribution in [0.4, 0.5) is 0 Å². The smallest absolute Gasteiger partial charge is 0.306 e. The highest BCUT2D eigenvalue weighted by molar-refractivity contribution is 7.45. The number of carbonyl (C=O) groups is 2. The van der Waals surface area contributed by atoms with Crippen LogP contribution < -0.4 is 4.89 Å². The van der Waals surface area contributed by atoms with Crippen LogP contribution in [0.1, 0.15) is 155 Å². The maximum absolute atomic E-state index is 12.7. The molecule has 0 amide bonds. The van der Waals surface area contributed by atoms with Gasteiger partial charge in [-0.2, -0.15) is 0 Å². The lowest BCUT2D eigenvalue weighted by molar-refractivity contribution is -0.870. The van der Waals surface area contributed by atoms with Gasteiger partial charge in [-0.25, -0.2) is 0 Å². The number of hydrogen-bond donors (Lipinski definition) is 0. The van der Waals surface area contributed by atoms with Gasteiger partial charge in [0.2, 0.25) is 0 Å². The number of ether oxygens (including phenoxy) is 2. The minimum absolute atomic E-state index is 0.0425. The van der Waals surface area contributed by atoms with Crippen LogP contribution in [0, 0.1) is 0 Å². The topological polar surface area (TPSA) is 111 Å². The molecule has 9 nitrogen and oxygen atoms in total. The zero-order chi connectivity index (χ0) is 41.4. The molecular weight excluding hydrogens is 725 g/mol. The molecule has 0 aromatic carbocycles. The van der Waals surface area contributed by atoms with Crippen molar-refractivity contribution >= 4 is 19.8 Å². The average molecular weight is 806 g/mol. The number of quaternary nitrogens is 1. The third kappa shape index (κ3) is 41.1. The molecule has 10 heteroatoms. The second-order valence-electron chi connectivity index (χ2n) is 15.3. The number of phosphoric acid groups is 1. The molecule has 0 aliphatic carbocycles. The van der Waals surface area contributed by atoms with Crippen molar-refractivity contribution in [3.8, 4) is 0 Å². The first-order chi connectivity index (χ1) is 27.0. The molecule has 0 aromatic rings. The van der Waals surface area contributed by atoms with E-state index in [2.05, 4.69) is 86.8 Å². The normalized spacial score (nSPS) is 14.3. The second kappa shape index (κ2) is 38.0. The van der Waals surface area contributed by atoms with Crippen molar-refractivity contribution in [2.75, 3.05) is 47.5 Å². The van der Waals surface area contributed by atoms with Gasteiger partial charge in [-0.15, -0.1) is 0 Å². The summed E-state index contributed by atoms with van der Waals surface area (Å²) in [7, 11) is 1.12. The van der Waals surface area contributed by atoms with Gasteiger partial charge in [0.15, 0.2) is 6.10 Å². The van der Waals surface area contributed by atoms with Crippen molar-refractivity contribution in [3.63, 3.8) is 0 Å². The van der Waals surface area contributed by atoms with Gasteiger partial charge in [0.25, 0.3) is 7.82 Å². The van der Waals surface area contributed by atoms with Gasteiger partial charge in [0, 0.05) is 12.8 Å². The van der Waals surface area contributed by atoms with Crippen molar-refractivity contribution in [3.05, 3.63) is 72.9 Å². The van der Waals surface area contributed by atoms with E-state index in [1.54, 1.807) is 0 Å². The van der Waals surface area contributed by atoms with E-state index in [4.69, 9.17) is 18.5 Å². The Morgan fingerprint density at radius 2 is 1.02 bits per heavy atom. The van der Waals surface area contributed by atoms with E-state index in [0.717, 1.165) is 83.5 Å². The van der Waals surface area contributed by atoms with Gasteiger partial charge >= 0.3 is 11.9 Å². The number of unbranched alkanes of at least 4 members (excludes halogenated alkanes) is 12. The molecule has 0 saturated carbocycles. The predicted molar refractivity (Wildman–Crippen MR) is 231 cm³/mol. The van der Waals surface area contributed by atoms with Gasteiger partial charge < -0.3 is 27.9 Å². The van der Waals surface area contributed by atoms with Crippen molar-refractivity contribution < 1.29 is 42.1 Å². The average Bonchev–Trinajstić information content (AvgIpc) is 3.15. The maximum atomic E-state index is 12.7. The Bertz CT molecular complexity index is 1180. The Balaban J connectivity index is 4.46. The first-order valence-corrected chi connectivity index (χ1v) is 23.1. The molecule has 0 bridgehead atoms. The molecule has 56 heavy (non-hydrogen) atoms. The molecule has 0 radical (unpaired) electrons. The third-order valence-corrected chi connectivity index (χ3v) is 9.67. The summed E-state index contributed by atoms with van der Waals surface area (Å²) in [6.45, 7) is 4.02.